The zero-order chi connectivity index (χ0) is 6.27. The molecule has 0 aliphatic heterocycles. The predicted octanol–water partition coefficient (Wildman–Crippen LogP) is -0.111. The van der Waals surface area contributed by atoms with E-state index in [1.807, 2.05) is 6.92 Å². The summed E-state index contributed by atoms with van der Waals surface area (Å²) < 4.78 is 1.42. The Morgan fingerprint density at radius 2 is 2.44 bits per heavy atom. The van der Waals surface area contributed by atoms with Crippen LogP contribution in [0.15, 0.2) is 0 Å². The summed E-state index contributed by atoms with van der Waals surface area (Å²) in [6, 6.07) is 0. The summed E-state index contributed by atoms with van der Waals surface area (Å²) in [5.74, 6) is 0. The summed E-state index contributed by atoms with van der Waals surface area (Å²) in [5, 5.41) is 15.6. The smallest absolute Gasteiger partial charge is 0.140 e. The van der Waals surface area contributed by atoms with Gasteiger partial charge in [-0.1, -0.05) is 21.1 Å². The molecule has 9 heavy (non-hydrogen) atoms. The molecule has 6 heteroatoms. The van der Waals surface area contributed by atoms with Gasteiger partial charge in [0.05, 0.1) is 0 Å². The third kappa shape index (κ3) is 0.595. The van der Waals surface area contributed by atoms with Crippen molar-refractivity contribution in [3.63, 3.8) is 0 Å². The van der Waals surface area contributed by atoms with Gasteiger partial charge < -0.3 is 0 Å². The van der Waals surface area contributed by atoms with Crippen LogP contribution in [-0.4, -0.2) is 25.3 Å². The molecule has 0 aliphatic carbocycles. The first-order chi connectivity index (χ1) is 4.36. The SMILES string of the molecule is Cc1nn2nnnc2s1. The molecule has 0 aliphatic rings. The molecule has 2 aromatic heterocycles. The van der Waals surface area contributed by atoms with Crippen molar-refractivity contribution in [1.29, 1.82) is 0 Å². The summed E-state index contributed by atoms with van der Waals surface area (Å²) in [6.07, 6.45) is 0. The maximum Gasteiger partial charge on any atom is 0.255 e. The quantitative estimate of drug-likeness (QED) is 0.513. The Labute approximate surface area is 54.3 Å². The molecule has 5 nitrogen and oxygen atoms in total. The molecule has 46 valence electrons. The molecule has 0 saturated heterocycles. The summed E-state index contributed by atoms with van der Waals surface area (Å²) in [7, 11) is 0. The Hall–Kier alpha value is -1.04. The number of nitrogens with zero attached hydrogens (tertiary/aromatic N) is 5. The van der Waals surface area contributed by atoms with Crippen molar-refractivity contribution in [2.45, 2.75) is 6.92 Å². The van der Waals surface area contributed by atoms with Crippen LogP contribution in [0.5, 0.6) is 0 Å². The molecule has 2 aromatic rings. The van der Waals surface area contributed by atoms with E-state index in [1.165, 1.54) is 16.0 Å². The Balaban J connectivity index is 2.92. The lowest BCUT2D eigenvalue weighted by Crippen LogP contribution is -1.86. The van der Waals surface area contributed by atoms with Crippen molar-refractivity contribution >= 4 is 16.3 Å². The van der Waals surface area contributed by atoms with Crippen molar-refractivity contribution in [3.05, 3.63) is 5.01 Å². The molecular weight excluding hydrogens is 138 g/mol. The molecule has 0 amide bonds. The fraction of sp³-hybridized carbons (Fsp3) is 0.333. The second-order valence-corrected chi connectivity index (χ2v) is 2.73. The zero-order valence-electron chi connectivity index (χ0n) is 4.64. The van der Waals surface area contributed by atoms with E-state index in [0.717, 1.165) is 9.97 Å². The summed E-state index contributed by atoms with van der Waals surface area (Å²) in [4.78, 5) is 0.743. The highest BCUT2D eigenvalue weighted by molar-refractivity contribution is 7.16. The average molecular weight is 141 g/mol. The van der Waals surface area contributed by atoms with E-state index in [1.54, 1.807) is 0 Å². The fourth-order valence-corrected chi connectivity index (χ4v) is 1.20. The van der Waals surface area contributed by atoms with E-state index in [9.17, 15) is 0 Å². The van der Waals surface area contributed by atoms with Crippen LogP contribution < -0.4 is 0 Å². The van der Waals surface area contributed by atoms with E-state index >= 15 is 0 Å². The van der Waals surface area contributed by atoms with Gasteiger partial charge in [0.25, 0.3) is 4.96 Å². The van der Waals surface area contributed by atoms with Gasteiger partial charge in [0.2, 0.25) is 0 Å². The molecule has 0 bridgehead atoms. The van der Waals surface area contributed by atoms with Crippen LogP contribution in [0.4, 0.5) is 0 Å². The van der Waals surface area contributed by atoms with Gasteiger partial charge in [-0.15, -0.1) is 5.10 Å². The number of hydrogen-bond acceptors (Lipinski definition) is 5. The topological polar surface area (TPSA) is 56.0 Å². The zero-order valence-corrected chi connectivity index (χ0v) is 5.46. The van der Waals surface area contributed by atoms with E-state index in [4.69, 9.17) is 0 Å². The molecule has 0 radical (unpaired) electrons. The Morgan fingerprint density at radius 3 is 3.22 bits per heavy atom. The predicted molar refractivity (Wildman–Crippen MR) is 31.2 cm³/mol. The summed E-state index contributed by atoms with van der Waals surface area (Å²) in [5.41, 5.74) is 0. The van der Waals surface area contributed by atoms with Gasteiger partial charge in [-0.3, -0.25) is 0 Å². The number of rotatable bonds is 0. The molecule has 0 saturated carbocycles. The minimum Gasteiger partial charge on any atom is -0.140 e. The van der Waals surface area contributed by atoms with Crippen LogP contribution in [-0.2, 0) is 0 Å². The lowest BCUT2D eigenvalue weighted by Gasteiger charge is -1.68. The Bertz CT molecular complexity index is 293. The minimum atomic E-state index is 0.743. The van der Waals surface area contributed by atoms with Crippen LogP contribution in [0.3, 0.4) is 0 Å². The number of tetrazole rings is 1. The first-order valence-corrected chi connectivity index (χ1v) is 3.20. The van der Waals surface area contributed by atoms with Gasteiger partial charge in [-0.05, 0) is 17.4 Å². The number of hydrogen-bond donors (Lipinski definition) is 0. The maximum absolute atomic E-state index is 3.97. The normalized spacial score (nSPS) is 10.8. The van der Waals surface area contributed by atoms with Crippen LogP contribution in [0.2, 0.25) is 0 Å². The summed E-state index contributed by atoms with van der Waals surface area (Å²) in [6.45, 7) is 1.90. The summed E-state index contributed by atoms with van der Waals surface area (Å²) >= 11 is 1.47. The Morgan fingerprint density at radius 1 is 1.56 bits per heavy atom. The first-order valence-electron chi connectivity index (χ1n) is 2.38. The largest absolute Gasteiger partial charge is 0.255 e. The van der Waals surface area contributed by atoms with Crippen LogP contribution >= 0.6 is 11.3 Å². The van der Waals surface area contributed by atoms with Gasteiger partial charge in [0.1, 0.15) is 5.01 Å². The molecule has 2 rings (SSSR count). The molecule has 0 atom stereocenters. The third-order valence-corrected chi connectivity index (χ3v) is 1.71. The highest BCUT2D eigenvalue weighted by Crippen LogP contribution is 2.07. The van der Waals surface area contributed by atoms with Crippen molar-refractivity contribution in [2.24, 2.45) is 0 Å². The van der Waals surface area contributed by atoms with Gasteiger partial charge >= 0.3 is 0 Å². The van der Waals surface area contributed by atoms with E-state index in [-0.39, 0.29) is 0 Å². The van der Waals surface area contributed by atoms with Crippen molar-refractivity contribution in [2.75, 3.05) is 0 Å². The molecule has 0 fully saturated rings. The van der Waals surface area contributed by atoms with Crippen molar-refractivity contribution < 1.29 is 0 Å². The number of aryl methyl sites for hydroxylation is 1. The lowest BCUT2D eigenvalue weighted by molar-refractivity contribution is 0.735. The van der Waals surface area contributed by atoms with E-state index in [0.29, 0.717) is 0 Å². The molecule has 2 heterocycles. The van der Waals surface area contributed by atoms with Crippen LogP contribution in [0.1, 0.15) is 5.01 Å². The second-order valence-electron chi connectivity index (χ2n) is 1.57. The van der Waals surface area contributed by atoms with Gasteiger partial charge in [-0.25, -0.2) is 0 Å². The van der Waals surface area contributed by atoms with Gasteiger partial charge in [0, 0.05) is 0 Å². The molecule has 0 aromatic carbocycles. The van der Waals surface area contributed by atoms with Crippen LogP contribution in [0.25, 0.3) is 4.96 Å². The third-order valence-electron chi connectivity index (χ3n) is 0.901. The lowest BCUT2D eigenvalue weighted by atomic mass is 10.9. The standard InChI is InChI=1S/C3H3N5S/c1-2-5-8-3(9-2)4-6-7-8/h1H3. The highest BCUT2D eigenvalue weighted by Gasteiger charge is 1.99. The maximum atomic E-state index is 3.97. The first kappa shape index (κ1) is 4.80. The second kappa shape index (κ2) is 1.47. The van der Waals surface area contributed by atoms with E-state index in [2.05, 4.69) is 20.6 Å². The Kier molecular flexibility index (Phi) is 0.786. The number of aromatic nitrogens is 5. The molecule has 0 unspecified atom stereocenters. The highest BCUT2D eigenvalue weighted by atomic mass is 32.1. The molecule has 0 spiro atoms. The average Bonchev–Trinajstić information content (AvgIpc) is 2.22. The molecular formula is C3H3N5S. The van der Waals surface area contributed by atoms with Gasteiger partial charge in [-0.2, -0.15) is 0 Å². The molecule has 0 N–H and O–H groups in total. The minimum absolute atomic E-state index is 0.743. The van der Waals surface area contributed by atoms with Crippen molar-refractivity contribution in [3.8, 4) is 0 Å². The number of fused-ring (bicyclic) bond motifs is 1. The fourth-order valence-electron chi connectivity index (χ4n) is 0.584. The van der Waals surface area contributed by atoms with Crippen molar-refractivity contribution in [1.82, 2.24) is 25.3 Å². The van der Waals surface area contributed by atoms with Gasteiger partial charge in [0.15, 0.2) is 0 Å². The van der Waals surface area contributed by atoms with E-state index < -0.39 is 0 Å². The van der Waals surface area contributed by atoms with Crippen LogP contribution in [0, 0.1) is 6.92 Å². The monoisotopic (exact) mass is 141 g/mol.